The average Bonchev–Trinajstić information content (AvgIpc) is 3.08. The fourth-order valence-electron chi connectivity index (χ4n) is 2.88. The van der Waals surface area contributed by atoms with Crippen LogP contribution in [-0.2, 0) is 9.53 Å². The maximum atomic E-state index is 14.6. The van der Waals surface area contributed by atoms with E-state index in [0.29, 0.717) is 21.3 Å². The highest BCUT2D eigenvalue weighted by Gasteiger charge is 2.32. The summed E-state index contributed by atoms with van der Waals surface area (Å²) in [6.45, 7) is 1.80. The van der Waals surface area contributed by atoms with Crippen molar-refractivity contribution in [3.05, 3.63) is 65.0 Å². The third-order valence-electron chi connectivity index (χ3n) is 4.33. The molecular weight excluding hydrogens is 443 g/mol. The Morgan fingerprint density at radius 2 is 2.14 bits per heavy atom. The van der Waals surface area contributed by atoms with E-state index < -0.39 is 18.0 Å². The molecule has 2 amide bonds. The number of aldehydes is 1. The molecule has 8 heteroatoms. The van der Waals surface area contributed by atoms with Crippen LogP contribution in [0.4, 0.5) is 14.9 Å². The van der Waals surface area contributed by atoms with E-state index >= 15 is 0 Å². The van der Waals surface area contributed by atoms with E-state index in [-0.39, 0.29) is 19.0 Å². The van der Waals surface area contributed by atoms with Gasteiger partial charge in [0, 0.05) is 22.5 Å². The van der Waals surface area contributed by atoms with Gasteiger partial charge in [0.15, 0.2) is 0 Å². The Balaban J connectivity index is 1.77. The molecule has 0 radical (unpaired) electrons. The van der Waals surface area contributed by atoms with Crippen LogP contribution in [0.3, 0.4) is 0 Å². The molecule has 1 saturated heterocycles. The molecule has 1 aliphatic heterocycles. The lowest BCUT2D eigenvalue weighted by atomic mass is 10.1. The normalized spacial score (nSPS) is 16.5. The van der Waals surface area contributed by atoms with Crippen LogP contribution in [0, 0.1) is 5.82 Å². The Hall–Kier alpha value is -3.00. The Morgan fingerprint density at radius 3 is 2.83 bits per heavy atom. The second kappa shape index (κ2) is 9.00. The first-order chi connectivity index (χ1) is 13.9. The summed E-state index contributed by atoms with van der Waals surface area (Å²) in [5, 5.41) is 2.59. The first-order valence-electron chi connectivity index (χ1n) is 8.82. The van der Waals surface area contributed by atoms with Gasteiger partial charge in [0.2, 0.25) is 5.91 Å². The van der Waals surface area contributed by atoms with Gasteiger partial charge in [-0.2, -0.15) is 0 Å². The van der Waals surface area contributed by atoms with Crippen LogP contribution in [0.15, 0.2) is 42.5 Å². The summed E-state index contributed by atoms with van der Waals surface area (Å²) >= 11 is 3.41. The van der Waals surface area contributed by atoms with Crippen molar-refractivity contribution in [2.24, 2.45) is 0 Å². The van der Waals surface area contributed by atoms with Crippen LogP contribution in [0.25, 0.3) is 10.6 Å². The summed E-state index contributed by atoms with van der Waals surface area (Å²) in [6.07, 6.45) is 1.27. The molecule has 1 N–H and O–H groups in total. The van der Waals surface area contributed by atoms with E-state index in [2.05, 4.69) is 21.2 Å². The predicted octanol–water partition coefficient (Wildman–Crippen LogP) is 3.99. The molecule has 150 valence electrons. The van der Waals surface area contributed by atoms with Gasteiger partial charge < -0.3 is 10.1 Å². The SMILES string of the molecule is CC(=O)NC[C@H]1CN(c2ccc(C=C(Br)c3cccc(C=O)c3)c(F)c2)C(=O)O1. The van der Waals surface area contributed by atoms with Crippen molar-refractivity contribution in [3.63, 3.8) is 0 Å². The summed E-state index contributed by atoms with van der Waals surface area (Å²) in [5.41, 5.74) is 1.94. The molecule has 3 rings (SSSR count). The number of ether oxygens (including phenoxy) is 1. The van der Waals surface area contributed by atoms with Crippen molar-refractivity contribution in [3.8, 4) is 0 Å². The van der Waals surface area contributed by atoms with Crippen LogP contribution in [0.2, 0.25) is 0 Å². The molecule has 0 unspecified atom stereocenters. The number of cyclic esters (lactones) is 1. The van der Waals surface area contributed by atoms with E-state index in [4.69, 9.17) is 4.74 Å². The van der Waals surface area contributed by atoms with Crippen LogP contribution in [0.1, 0.15) is 28.4 Å². The lowest BCUT2D eigenvalue weighted by Crippen LogP contribution is -2.33. The van der Waals surface area contributed by atoms with Gasteiger partial charge in [-0.25, -0.2) is 9.18 Å². The third kappa shape index (κ3) is 5.08. The molecule has 1 fully saturated rings. The van der Waals surface area contributed by atoms with Gasteiger partial charge in [0.05, 0.1) is 18.8 Å². The maximum Gasteiger partial charge on any atom is 0.414 e. The van der Waals surface area contributed by atoms with Gasteiger partial charge in [-0.1, -0.05) is 34.1 Å². The van der Waals surface area contributed by atoms with Crippen LogP contribution in [-0.4, -0.2) is 37.5 Å². The van der Waals surface area contributed by atoms with E-state index in [0.717, 1.165) is 11.8 Å². The molecule has 1 heterocycles. The highest BCUT2D eigenvalue weighted by atomic mass is 79.9. The number of halogens is 2. The quantitative estimate of drug-likeness (QED) is 0.522. The molecule has 0 aromatic heterocycles. The van der Waals surface area contributed by atoms with Gasteiger partial charge in [0.25, 0.3) is 0 Å². The predicted molar refractivity (Wildman–Crippen MR) is 111 cm³/mol. The van der Waals surface area contributed by atoms with Crippen molar-refractivity contribution in [2.75, 3.05) is 18.0 Å². The molecule has 0 bridgehead atoms. The summed E-state index contributed by atoms with van der Waals surface area (Å²) in [5.74, 6) is -0.727. The molecule has 2 aromatic rings. The maximum absolute atomic E-state index is 14.6. The summed E-state index contributed by atoms with van der Waals surface area (Å²) < 4.78 is 20.5. The van der Waals surface area contributed by atoms with Crippen LogP contribution >= 0.6 is 15.9 Å². The van der Waals surface area contributed by atoms with Gasteiger partial charge in [-0.3, -0.25) is 14.5 Å². The third-order valence-corrected chi connectivity index (χ3v) is 5.02. The highest BCUT2D eigenvalue weighted by Crippen LogP contribution is 2.28. The number of carbonyl (C=O) groups is 3. The zero-order valence-corrected chi connectivity index (χ0v) is 17.1. The summed E-state index contributed by atoms with van der Waals surface area (Å²) in [7, 11) is 0. The number of amides is 2. The lowest BCUT2D eigenvalue weighted by Gasteiger charge is -2.14. The van der Waals surface area contributed by atoms with Crippen LogP contribution in [0.5, 0.6) is 0 Å². The fraction of sp³-hybridized carbons (Fsp3) is 0.190. The molecule has 2 aromatic carbocycles. The molecular formula is C21H18BrFN2O4. The largest absolute Gasteiger partial charge is 0.442 e. The Labute approximate surface area is 175 Å². The zero-order valence-electron chi connectivity index (χ0n) is 15.5. The van der Waals surface area contributed by atoms with Crippen molar-refractivity contribution in [2.45, 2.75) is 13.0 Å². The zero-order chi connectivity index (χ0) is 21.0. The number of carbonyl (C=O) groups excluding carboxylic acids is 3. The molecule has 0 saturated carbocycles. The Morgan fingerprint density at radius 1 is 1.34 bits per heavy atom. The van der Waals surface area contributed by atoms with Crippen molar-refractivity contribution < 1.29 is 23.5 Å². The molecule has 1 aliphatic rings. The second-order valence-corrected chi connectivity index (χ2v) is 7.35. The fourth-order valence-corrected chi connectivity index (χ4v) is 3.37. The van der Waals surface area contributed by atoms with Gasteiger partial charge >= 0.3 is 6.09 Å². The van der Waals surface area contributed by atoms with Crippen LogP contribution < -0.4 is 10.2 Å². The van der Waals surface area contributed by atoms with E-state index in [1.807, 2.05) is 0 Å². The molecule has 1 atom stereocenters. The molecule has 0 aliphatic carbocycles. The standard InChI is InChI=1S/C21H18BrFN2O4/c1-13(27)24-10-18-11-25(21(28)29-18)17-6-5-16(20(23)9-17)8-19(22)15-4-2-3-14(7-15)12-26/h2-9,12,18H,10-11H2,1H3,(H,24,27)/t18-/m0/s1. The number of hydrogen-bond acceptors (Lipinski definition) is 4. The minimum atomic E-state index is -0.588. The second-order valence-electron chi connectivity index (χ2n) is 6.49. The summed E-state index contributed by atoms with van der Waals surface area (Å²) in [4.78, 5) is 35.3. The highest BCUT2D eigenvalue weighted by molar-refractivity contribution is 9.15. The molecule has 0 spiro atoms. The number of hydrogen-bond donors (Lipinski definition) is 1. The van der Waals surface area contributed by atoms with Gasteiger partial charge in [-0.05, 0) is 35.9 Å². The first kappa shape index (κ1) is 20.7. The average molecular weight is 461 g/mol. The number of anilines is 1. The van der Waals surface area contributed by atoms with E-state index in [1.165, 1.54) is 17.9 Å². The first-order valence-corrected chi connectivity index (χ1v) is 9.61. The number of nitrogens with zero attached hydrogens (tertiary/aromatic N) is 1. The lowest BCUT2D eigenvalue weighted by molar-refractivity contribution is -0.119. The smallest absolute Gasteiger partial charge is 0.414 e. The topological polar surface area (TPSA) is 75.7 Å². The van der Waals surface area contributed by atoms with Gasteiger partial charge in [0.1, 0.15) is 18.2 Å². The van der Waals surface area contributed by atoms with Crippen molar-refractivity contribution >= 4 is 50.5 Å². The Bertz CT molecular complexity index is 992. The summed E-state index contributed by atoms with van der Waals surface area (Å²) in [6, 6.07) is 11.4. The Kier molecular flexibility index (Phi) is 6.43. The minimum absolute atomic E-state index is 0.202. The monoisotopic (exact) mass is 460 g/mol. The molecule has 29 heavy (non-hydrogen) atoms. The van der Waals surface area contributed by atoms with E-state index in [1.54, 1.807) is 42.5 Å². The molecule has 6 nitrogen and oxygen atoms in total. The van der Waals surface area contributed by atoms with Gasteiger partial charge in [-0.15, -0.1) is 0 Å². The minimum Gasteiger partial charge on any atom is -0.442 e. The van der Waals surface area contributed by atoms with E-state index in [9.17, 15) is 18.8 Å². The number of nitrogens with one attached hydrogen (secondary N) is 1. The van der Waals surface area contributed by atoms with Crippen molar-refractivity contribution in [1.82, 2.24) is 5.32 Å². The van der Waals surface area contributed by atoms with Crippen molar-refractivity contribution in [1.29, 1.82) is 0 Å². The number of rotatable bonds is 6. The number of benzene rings is 2.